The summed E-state index contributed by atoms with van der Waals surface area (Å²) in [5, 5.41) is 31.2. The molecule has 0 bridgehead atoms. The molecule has 2 aliphatic rings. The van der Waals surface area contributed by atoms with Crippen molar-refractivity contribution in [3.05, 3.63) is 62.0 Å². The minimum Gasteiger partial charge on any atom is -0.384 e. The van der Waals surface area contributed by atoms with Crippen LogP contribution in [0.1, 0.15) is 42.7 Å². The second-order valence-electron chi connectivity index (χ2n) is 8.38. The highest BCUT2D eigenvalue weighted by Crippen LogP contribution is 2.48. The molecule has 1 amide bonds. The van der Waals surface area contributed by atoms with Gasteiger partial charge in [-0.15, -0.1) is 20.4 Å². The van der Waals surface area contributed by atoms with Gasteiger partial charge in [-0.2, -0.15) is 5.26 Å². The van der Waals surface area contributed by atoms with Gasteiger partial charge in [-0.3, -0.25) is 19.8 Å². The first-order valence-corrected chi connectivity index (χ1v) is 15.1. The fourth-order valence-electron chi connectivity index (χ4n) is 4.41. The summed E-state index contributed by atoms with van der Waals surface area (Å²) in [5.74, 6) is -0.449. The molecule has 1 aliphatic heterocycles. The summed E-state index contributed by atoms with van der Waals surface area (Å²) in [6.45, 7) is 1.97. The average molecular weight is 630 g/mol. The molecule has 14 heteroatoms. The third kappa shape index (κ3) is 5.11. The van der Waals surface area contributed by atoms with Gasteiger partial charge in [-0.05, 0) is 30.9 Å². The molecule has 194 valence electrons. The van der Waals surface area contributed by atoms with Gasteiger partial charge in [0, 0.05) is 22.2 Å². The van der Waals surface area contributed by atoms with E-state index in [0.717, 1.165) is 27.2 Å². The number of nitriles is 1. The van der Waals surface area contributed by atoms with Crippen molar-refractivity contribution >= 4 is 72.3 Å². The van der Waals surface area contributed by atoms with Crippen LogP contribution in [0, 0.1) is 11.3 Å². The minimum absolute atomic E-state index is 0.00375. The van der Waals surface area contributed by atoms with Crippen molar-refractivity contribution in [1.29, 1.82) is 5.26 Å². The number of nitrogens with two attached hydrogens (primary N) is 1. The topological polar surface area (TPSA) is 151 Å². The molecule has 0 saturated heterocycles. The molecule has 0 radical (unpaired) electrons. The summed E-state index contributed by atoms with van der Waals surface area (Å²) < 4.78 is 1.36. The lowest BCUT2D eigenvalue weighted by atomic mass is 9.76. The molecular formula is C24H21BrN8O2S3. The van der Waals surface area contributed by atoms with Gasteiger partial charge in [0.25, 0.3) is 0 Å². The molecule has 1 aromatic carbocycles. The van der Waals surface area contributed by atoms with Crippen LogP contribution in [-0.2, 0) is 16.0 Å². The number of thioether (sulfide) groups is 1. The molecule has 0 spiro atoms. The number of benzene rings is 1. The number of allylic oxidation sites excluding steroid dienone is 3. The standard InChI is InChI=1S/C24H21BrN8O2S3/c1-2-18-29-30-22(37-18)28-17(35)11-36-24-32-31-23(38-24)33-15-8-5-9-16(34)20(15)19(13(10-26)21(33)27)12-6-3-4-7-14(12)25/h3-4,6-7,19H,2,5,8-9,11,27H2,1H3,(H,28,30,35). The summed E-state index contributed by atoms with van der Waals surface area (Å²) in [6.07, 6.45) is 2.46. The highest BCUT2D eigenvalue weighted by molar-refractivity contribution is 9.10. The number of Topliss-reactive ketones (excluding diaryl/α,β-unsaturated/α-hetero) is 1. The number of aryl methyl sites for hydroxylation is 1. The molecule has 0 saturated carbocycles. The van der Waals surface area contributed by atoms with Crippen molar-refractivity contribution in [3.8, 4) is 6.07 Å². The molecule has 3 aromatic rings. The first-order valence-electron chi connectivity index (χ1n) is 11.7. The maximum atomic E-state index is 13.3. The molecule has 3 N–H and O–H groups in total. The second kappa shape index (κ2) is 11.3. The number of anilines is 2. The lowest BCUT2D eigenvalue weighted by Gasteiger charge is -2.38. The lowest BCUT2D eigenvalue weighted by Crippen LogP contribution is -2.38. The van der Waals surface area contributed by atoms with Gasteiger partial charge in [-0.1, -0.05) is 75.5 Å². The van der Waals surface area contributed by atoms with E-state index < -0.39 is 5.92 Å². The van der Waals surface area contributed by atoms with Crippen molar-refractivity contribution < 1.29 is 9.59 Å². The van der Waals surface area contributed by atoms with Crippen LogP contribution in [-0.4, -0.2) is 37.8 Å². The molecule has 1 aliphatic carbocycles. The Balaban J connectivity index is 1.42. The first-order chi connectivity index (χ1) is 18.4. The summed E-state index contributed by atoms with van der Waals surface area (Å²) in [6, 6.07) is 9.80. The van der Waals surface area contributed by atoms with Crippen LogP contribution in [0.15, 0.2) is 55.7 Å². The van der Waals surface area contributed by atoms with Gasteiger partial charge in [0.15, 0.2) is 10.1 Å². The van der Waals surface area contributed by atoms with Crippen LogP contribution >= 0.6 is 50.4 Å². The van der Waals surface area contributed by atoms with E-state index in [-0.39, 0.29) is 28.8 Å². The first kappa shape index (κ1) is 26.5. The Morgan fingerprint density at radius 3 is 2.82 bits per heavy atom. The maximum absolute atomic E-state index is 13.3. The number of carbonyl (C=O) groups excluding carboxylic acids is 2. The monoisotopic (exact) mass is 628 g/mol. The van der Waals surface area contributed by atoms with Gasteiger partial charge in [-0.25, -0.2) is 0 Å². The van der Waals surface area contributed by atoms with Crippen molar-refractivity contribution in [2.75, 3.05) is 16.0 Å². The summed E-state index contributed by atoms with van der Waals surface area (Å²) in [4.78, 5) is 27.3. The van der Waals surface area contributed by atoms with Crippen molar-refractivity contribution in [2.24, 2.45) is 5.73 Å². The van der Waals surface area contributed by atoms with Gasteiger partial charge >= 0.3 is 0 Å². The Hall–Kier alpha value is -3.12. The number of nitrogens with zero attached hydrogens (tertiary/aromatic N) is 6. The van der Waals surface area contributed by atoms with Gasteiger partial charge < -0.3 is 5.73 Å². The zero-order valence-corrected chi connectivity index (χ0v) is 24.1. The predicted molar refractivity (Wildman–Crippen MR) is 151 cm³/mol. The predicted octanol–water partition coefficient (Wildman–Crippen LogP) is 4.75. The molecule has 38 heavy (non-hydrogen) atoms. The average Bonchev–Trinajstić information content (AvgIpc) is 3.57. The molecule has 3 heterocycles. The lowest BCUT2D eigenvalue weighted by molar-refractivity contribution is -0.116. The number of amides is 1. The normalized spacial score (nSPS) is 17.4. The number of hydrogen-bond acceptors (Lipinski definition) is 12. The van der Waals surface area contributed by atoms with Crippen molar-refractivity contribution in [2.45, 2.75) is 42.9 Å². The Kier molecular flexibility index (Phi) is 7.89. The Morgan fingerprint density at radius 1 is 1.26 bits per heavy atom. The zero-order chi connectivity index (χ0) is 26.8. The van der Waals surface area contributed by atoms with Crippen molar-refractivity contribution in [3.63, 3.8) is 0 Å². The smallest absolute Gasteiger partial charge is 0.236 e. The number of rotatable bonds is 7. The van der Waals surface area contributed by atoms with Crippen LogP contribution in [0.25, 0.3) is 0 Å². The Bertz CT molecular complexity index is 1520. The molecule has 5 rings (SSSR count). The molecule has 2 aromatic heterocycles. The van der Waals surface area contributed by atoms with E-state index in [2.05, 4.69) is 47.7 Å². The Labute approximate surface area is 239 Å². The van der Waals surface area contributed by atoms with Gasteiger partial charge in [0.05, 0.1) is 23.3 Å². The SMILES string of the molecule is CCc1nnc(NC(=O)CSc2nnc(N3C(N)=C(C#N)C(c4ccccc4Br)C4=C3CCCC4=O)s2)s1. The van der Waals surface area contributed by atoms with E-state index in [0.29, 0.717) is 39.4 Å². The van der Waals surface area contributed by atoms with Crippen LogP contribution in [0.3, 0.4) is 0 Å². The summed E-state index contributed by atoms with van der Waals surface area (Å²) in [5.41, 5.74) is 9.02. The quantitative estimate of drug-likeness (QED) is 0.351. The van der Waals surface area contributed by atoms with E-state index in [1.807, 2.05) is 31.2 Å². The minimum atomic E-state index is -0.561. The summed E-state index contributed by atoms with van der Waals surface area (Å²) >= 11 is 7.41. The van der Waals surface area contributed by atoms with Crippen LogP contribution < -0.4 is 16.0 Å². The van der Waals surface area contributed by atoms with Gasteiger partial charge in [0.1, 0.15) is 10.8 Å². The molecular weight excluding hydrogens is 608 g/mol. The van der Waals surface area contributed by atoms with Crippen molar-refractivity contribution in [1.82, 2.24) is 20.4 Å². The largest absolute Gasteiger partial charge is 0.384 e. The molecule has 1 atom stereocenters. The van der Waals surface area contributed by atoms with E-state index >= 15 is 0 Å². The van der Waals surface area contributed by atoms with Gasteiger partial charge in [0.2, 0.25) is 16.2 Å². The third-order valence-electron chi connectivity index (χ3n) is 6.06. The highest BCUT2D eigenvalue weighted by Gasteiger charge is 2.41. The highest BCUT2D eigenvalue weighted by atomic mass is 79.9. The number of nitrogens with one attached hydrogen (secondary N) is 1. The number of hydrogen-bond donors (Lipinski definition) is 2. The van der Waals surface area contributed by atoms with E-state index in [4.69, 9.17) is 5.73 Å². The van der Waals surface area contributed by atoms with Crippen LogP contribution in [0.4, 0.5) is 10.3 Å². The van der Waals surface area contributed by atoms with Crippen LogP contribution in [0.5, 0.6) is 0 Å². The Morgan fingerprint density at radius 2 is 2.08 bits per heavy atom. The summed E-state index contributed by atoms with van der Waals surface area (Å²) in [7, 11) is 0. The fraction of sp³-hybridized carbons (Fsp3) is 0.292. The number of carbonyl (C=O) groups is 2. The molecule has 1 unspecified atom stereocenters. The zero-order valence-electron chi connectivity index (χ0n) is 20.1. The van der Waals surface area contributed by atoms with Crippen LogP contribution in [0.2, 0.25) is 0 Å². The third-order valence-corrected chi connectivity index (χ3v) is 9.81. The fourth-order valence-corrected chi connectivity index (χ4v) is 7.30. The number of ketones is 1. The maximum Gasteiger partial charge on any atom is 0.236 e. The molecule has 0 fully saturated rings. The number of halogens is 1. The molecule has 10 nitrogen and oxygen atoms in total. The number of aromatic nitrogens is 4. The van der Waals surface area contributed by atoms with E-state index in [1.165, 1.54) is 34.4 Å². The van der Waals surface area contributed by atoms with E-state index in [1.54, 1.807) is 4.90 Å². The second-order valence-corrected chi connectivity index (χ2v) is 12.5. The van der Waals surface area contributed by atoms with E-state index in [9.17, 15) is 14.9 Å².